The minimum atomic E-state index is -0.430. The fourth-order valence-electron chi connectivity index (χ4n) is 3.73. The van der Waals surface area contributed by atoms with Crippen molar-refractivity contribution in [2.75, 3.05) is 17.2 Å². The van der Waals surface area contributed by atoms with Crippen molar-refractivity contribution in [2.24, 2.45) is 0 Å². The summed E-state index contributed by atoms with van der Waals surface area (Å²) in [6.07, 6.45) is 0. The number of aryl methyl sites for hydroxylation is 1. The van der Waals surface area contributed by atoms with E-state index in [2.05, 4.69) is 15.7 Å². The molecule has 0 bridgehead atoms. The molecule has 0 aliphatic rings. The molecule has 3 aromatic carbocycles. The zero-order valence-corrected chi connectivity index (χ0v) is 19.7. The normalized spacial score (nSPS) is 10.8. The molecule has 5 rings (SSSR count). The van der Waals surface area contributed by atoms with Crippen LogP contribution in [0.15, 0.2) is 78.9 Å². The Morgan fingerprint density at radius 2 is 1.56 bits per heavy atom. The molecule has 0 aliphatic heterocycles. The zero-order valence-electron chi connectivity index (χ0n) is 19.7. The molecule has 0 saturated carbocycles. The number of rotatable bonds is 8. The molecule has 5 aromatic rings. The van der Waals surface area contributed by atoms with Crippen LogP contribution < -0.4 is 15.4 Å². The van der Waals surface area contributed by atoms with Crippen LogP contribution in [0.2, 0.25) is 0 Å². The van der Waals surface area contributed by atoms with E-state index < -0.39 is 4.92 Å². The van der Waals surface area contributed by atoms with E-state index in [1.54, 1.807) is 16.8 Å². The Kier molecular flexibility index (Phi) is 6.14. The number of nitrogens with zero attached hydrogens (tertiary/aromatic N) is 5. The summed E-state index contributed by atoms with van der Waals surface area (Å²) in [5.41, 5.74) is 3.76. The van der Waals surface area contributed by atoms with Crippen molar-refractivity contribution < 1.29 is 9.66 Å². The number of aromatic nitrogens is 4. The van der Waals surface area contributed by atoms with Gasteiger partial charge in [-0.1, -0.05) is 12.1 Å². The third kappa shape index (κ3) is 4.78. The summed E-state index contributed by atoms with van der Waals surface area (Å²) in [5, 5.41) is 22.3. The van der Waals surface area contributed by atoms with E-state index >= 15 is 0 Å². The smallest absolute Gasteiger partial charge is 0.269 e. The van der Waals surface area contributed by atoms with Gasteiger partial charge in [0, 0.05) is 23.9 Å². The highest BCUT2D eigenvalue weighted by molar-refractivity contribution is 5.83. The van der Waals surface area contributed by atoms with Crippen molar-refractivity contribution in [3.05, 3.63) is 94.7 Å². The molecule has 0 amide bonds. The number of hydrogen-bond acceptors (Lipinski definition) is 8. The Bertz CT molecular complexity index is 1530. The average molecular weight is 482 g/mol. The van der Waals surface area contributed by atoms with Crippen LogP contribution in [0.5, 0.6) is 5.75 Å². The summed E-state index contributed by atoms with van der Waals surface area (Å²) >= 11 is 0. The second-order valence-corrected chi connectivity index (χ2v) is 7.97. The monoisotopic (exact) mass is 481 g/mol. The molecule has 0 radical (unpaired) electrons. The van der Waals surface area contributed by atoms with Gasteiger partial charge in [-0.3, -0.25) is 10.1 Å². The number of anilines is 4. The van der Waals surface area contributed by atoms with Crippen molar-refractivity contribution in [3.8, 4) is 11.4 Å². The molecule has 2 heterocycles. The molecule has 0 fully saturated rings. The summed E-state index contributed by atoms with van der Waals surface area (Å²) in [6, 6.07) is 23.3. The van der Waals surface area contributed by atoms with Gasteiger partial charge in [-0.05, 0) is 62.4 Å². The Hall–Kier alpha value is -4.99. The van der Waals surface area contributed by atoms with E-state index in [4.69, 9.17) is 14.7 Å². The van der Waals surface area contributed by atoms with Crippen LogP contribution in [-0.2, 0) is 0 Å². The molecule has 180 valence electrons. The number of nitro benzene ring substituents is 1. The maximum atomic E-state index is 11.0. The standard InChI is InChI=1S/C26H23N7O3/c1-3-36-21-14-8-18(9-15-21)27-25-26(29-23-7-5-4-6-22(23)28-25)30-24-16-17(2)31-32(24)19-10-12-20(13-11-19)33(34)35/h4-16H,3H2,1-2H3,(H,27,28)(H,29,30). The van der Waals surface area contributed by atoms with Crippen molar-refractivity contribution in [3.63, 3.8) is 0 Å². The topological polar surface area (TPSA) is 120 Å². The average Bonchev–Trinajstić information content (AvgIpc) is 3.25. The summed E-state index contributed by atoms with van der Waals surface area (Å²) in [4.78, 5) is 20.2. The summed E-state index contributed by atoms with van der Waals surface area (Å²) in [7, 11) is 0. The second kappa shape index (κ2) is 9.71. The van der Waals surface area contributed by atoms with Gasteiger partial charge < -0.3 is 15.4 Å². The van der Waals surface area contributed by atoms with Crippen molar-refractivity contribution in [1.29, 1.82) is 0 Å². The van der Waals surface area contributed by atoms with Gasteiger partial charge in [0.25, 0.3) is 5.69 Å². The Labute approximate surface area is 206 Å². The molecule has 0 spiro atoms. The zero-order chi connectivity index (χ0) is 25.1. The molecule has 10 nitrogen and oxygen atoms in total. The number of hydrogen-bond donors (Lipinski definition) is 2. The third-order valence-electron chi connectivity index (χ3n) is 5.38. The predicted molar refractivity (Wildman–Crippen MR) is 139 cm³/mol. The first-order valence-corrected chi connectivity index (χ1v) is 11.4. The van der Waals surface area contributed by atoms with Crippen molar-refractivity contribution in [2.45, 2.75) is 13.8 Å². The third-order valence-corrected chi connectivity index (χ3v) is 5.38. The largest absolute Gasteiger partial charge is 0.494 e. The molecule has 0 aliphatic carbocycles. The van der Waals surface area contributed by atoms with Gasteiger partial charge in [-0.25, -0.2) is 14.6 Å². The molecular weight excluding hydrogens is 458 g/mol. The van der Waals surface area contributed by atoms with Gasteiger partial charge in [-0.2, -0.15) is 5.10 Å². The first-order valence-electron chi connectivity index (χ1n) is 11.4. The first-order chi connectivity index (χ1) is 17.5. The maximum Gasteiger partial charge on any atom is 0.269 e. The Balaban J connectivity index is 1.52. The fourth-order valence-corrected chi connectivity index (χ4v) is 3.73. The van der Waals surface area contributed by atoms with Gasteiger partial charge in [0.15, 0.2) is 11.6 Å². The van der Waals surface area contributed by atoms with Crippen molar-refractivity contribution >= 4 is 39.9 Å². The van der Waals surface area contributed by atoms with E-state index in [1.807, 2.05) is 68.4 Å². The minimum absolute atomic E-state index is 0.0133. The van der Waals surface area contributed by atoms with Crippen LogP contribution in [0.25, 0.3) is 16.7 Å². The molecular formula is C26H23N7O3. The molecule has 0 unspecified atom stereocenters. The highest BCUT2D eigenvalue weighted by Gasteiger charge is 2.15. The number of benzene rings is 3. The van der Waals surface area contributed by atoms with E-state index in [1.165, 1.54) is 12.1 Å². The van der Waals surface area contributed by atoms with Gasteiger partial charge in [-0.15, -0.1) is 0 Å². The second-order valence-electron chi connectivity index (χ2n) is 7.97. The number of para-hydroxylation sites is 2. The molecule has 2 N–H and O–H groups in total. The van der Waals surface area contributed by atoms with Crippen molar-refractivity contribution in [1.82, 2.24) is 19.7 Å². The molecule has 0 saturated heterocycles. The van der Waals surface area contributed by atoms with Crippen LogP contribution in [-0.4, -0.2) is 31.3 Å². The fraction of sp³-hybridized carbons (Fsp3) is 0.115. The first kappa shape index (κ1) is 22.8. The van der Waals surface area contributed by atoms with Crippen LogP contribution in [0.1, 0.15) is 12.6 Å². The van der Waals surface area contributed by atoms with E-state index in [0.29, 0.717) is 29.7 Å². The maximum absolute atomic E-state index is 11.0. The lowest BCUT2D eigenvalue weighted by molar-refractivity contribution is -0.384. The van der Waals surface area contributed by atoms with E-state index in [0.717, 1.165) is 28.2 Å². The SMILES string of the molecule is CCOc1ccc(Nc2nc3ccccc3nc2Nc2cc(C)nn2-c2ccc([N+](=O)[O-])cc2)cc1. The predicted octanol–water partition coefficient (Wildman–Crippen LogP) is 5.92. The molecule has 36 heavy (non-hydrogen) atoms. The highest BCUT2D eigenvalue weighted by atomic mass is 16.6. The van der Waals surface area contributed by atoms with E-state index in [-0.39, 0.29) is 5.69 Å². The number of fused-ring (bicyclic) bond motifs is 1. The summed E-state index contributed by atoms with van der Waals surface area (Å²) in [5.74, 6) is 2.46. The minimum Gasteiger partial charge on any atom is -0.494 e. The molecule has 2 aromatic heterocycles. The van der Waals surface area contributed by atoms with Gasteiger partial charge in [0.05, 0.1) is 33.9 Å². The Morgan fingerprint density at radius 1 is 0.917 bits per heavy atom. The van der Waals surface area contributed by atoms with Crippen LogP contribution >= 0.6 is 0 Å². The van der Waals surface area contributed by atoms with Gasteiger partial charge in [0.1, 0.15) is 11.6 Å². The molecule has 0 atom stereocenters. The summed E-state index contributed by atoms with van der Waals surface area (Å²) < 4.78 is 7.21. The van der Waals surface area contributed by atoms with Crippen LogP contribution in [0, 0.1) is 17.0 Å². The van der Waals surface area contributed by atoms with Crippen LogP contribution in [0.3, 0.4) is 0 Å². The molecule has 10 heteroatoms. The van der Waals surface area contributed by atoms with E-state index in [9.17, 15) is 10.1 Å². The Morgan fingerprint density at radius 3 is 2.17 bits per heavy atom. The number of nitrogens with one attached hydrogen (secondary N) is 2. The van der Waals surface area contributed by atoms with Gasteiger partial charge in [0.2, 0.25) is 0 Å². The number of ether oxygens (including phenoxy) is 1. The number of non-ortho nitro benzene ring substituents is 1. The van der Waals surface area contributed by atoms with Gasteiger partial charge >= 0.3 is 0 Å². The van der Waals surface area contributed by atoms with Crippen LogP contribution in [0.4, 0.5) is 28.8 Å². The highest BCUT2D eigenvalue weighted by Crippen LogP contribution is 2.30. The quantitative estimate of drug-likeness (QED) is 0.207. The lowest BCUT2D eigenvalue weighted by atomic mass is 10.3. The lowest BCUT2D eigenvalue weighted by Crippen LogP contribution is -2.07. The number of nitro groups is 1. The summed E-state index contributed by atoms with van der Waals surface area (Å²) in [6.45, 7) is 4.41. The lowest BCUT2D eigenvalue weighted by Gasteiger charge is -2.15.